The van der Waals surface area contributed by atoms with Crippen molar-refractivity contribution in [2.24, 2.45) is 0 Å². The summed E-state index contributed by atoms with van der Waals surface area (Å²) in [4.78, 5) is 11.7. The molecule has 94 valence electrons. The fourth-order valence-corrected chi connectivity index (χ4v) is 1.60. The van der Waals surface area contributed by atoms with Gasteiger partial charge in [-0.3, -0.25) is 4.79 Å². The molecule has 1 unspecified atom stereocenters. The molecule has 4 nitrogen and oxygen atoms in total. The molecule has 0 aliphatic rings. The van der Waals surface area contributed by atoms with E-state index in [4.69, 9.17) is 4.74 Å². The van der Waals surface area contributed by atoms with E-state index in [-0.39, 0.29) is 5.91 Å². The molecule has 2 rings (SSSR count). The largest absolute Gasteiger partial charge is 0.372 e. The summed E-state index contributed by atoms with van der Waals surface area (Å²) in [6.45, 7) is 1.71. The van der Waals surface area contributed by atoms with Crippen LogP contribution in [-0.2, 0) is 9.53 Å². The van der Waals surface area contributed by atoms with Crippen LogP contribution in [0, 0.1) is 0 Å². The quantitative estimate of drug-likeness (QED) is 0.897. The minimum atomic E-state index is -0.458. The van der Waals surface area contributed by atoms with Crippen LogP contribution in [0.3, 0.4) is 0 Å². The molecule has 1 atom stereocenters. The Hall–Kier alpha value is -2.07. The molecule has 1 N–H and O–H groups in total. The average Bonchev–Trinajstić information content (AvgIpc) is 2.92. The molecule has 2 aromatic rings. The Morgan fingerprint density at radius 2 is 2.00 bits per heavy atom. The highest BCUT2D eigenvalue weighted by atomic mass is 16.5. The third kappa shape index (κ3) is 2.78. The summed E-state index contributed by atoms with van der Waals surface area (Å²) in [7, 11) is 1.51. The van der Waals surface area contributed by atoms with Crippen LogP contribution in [0.2, 0.25) is 0 Å². The second-order valence-electron chi connectivity index (χ2n) is 4.01. The topological polar surface area (TPSA) is 43.3 Å². The highest BCUT2D eigenvalue weighted by Crippen LogP contribution is 2.15. The number of aromatic nitrogens is 1. The molecule has 18 heavy (non-hydrogen) atoms. The molecular weight excluding hydrogens is 228 g/mol. The van der Waals surface area contributed by atoms with Gasteiger partial charge in [-0.05, 0) is 37.3 Å². The van der Waals surface area contributed by atoms with Gasteiger partial charge in [0.05, 0.1) is 0 Å². The van der Waals surface area contributed by atoms with Crippen LogP contribution in [0.15, 0.2) is 48.8 Å². The molecule has 1 aromatic carbocycles. The zero-order valence-electron chi connectivity index (χ0n) is 10.5. The standard InChI is InChI=1S/C14H16N2O2/c1-11(18-2)14(17)15-12-6-5-7-13(10-12)16-8-3-4-9-16/h3-11H,1-2H3,(H,15,17). The van der Waals surface area contributed by atoms with E-state index in [1.165, 1.54) is 7.11 Å². The van der Waals surface area contributed by atoms with Crippen molar-refractivity contribution in [2.45, 2.75) is 13.0 Å². The normalized spacial score (nSPS) is 12.1. The van der Waals surface area contributed by atoms with Crippen LogP contribution < -0.4 is 5.32 Å². The molecule has 0 aliphatic heterocycles. The lowest BCUT2D eigenvalue weighted by Crippen LogP contribution is -2.26. The fourth-order valence-electron chi connectivity index (χ4n) is 1.60. The van der Waals surface area contributed by atoms with Gasteiger partial charge in [-0.25, -0.2) is 0 Å². The number of rotatable bonds is 4. The van der Waals surface area contributed by atoms with Gasteiger partial charge in [-0.2, -0.15) is 0 Å². The van der Waals surface area contributed by atoms with Crippen LogP contribution >= 0.6 is 0 Å². The molecular formula is C14H16N2O2. The Labute approximate surface area is 106 Å². The summed E-state index contributed by atoms with van der Waals surface area (Å²) in [6, 6.07) is 11.6. The van der Waals surface area contributed by atoms with Crippen LogP contribution in [0.25, 0.3) is 5.69 Å². The van der Waals surface area contributed by atoms with E-state index in [1.807, 2.05) is 53.4 Å². The first kappa shape index (κ1) is 12.4. The lowest BCUT2D eigenvalue weighted by Gasteiger charge is -2.11. The second-order valence-corrected chi connectivity index (χ2v) is 4.01. The highest BCUT2D eigenvalue weighted by Gasteiger charge is 2.11. The number of nitrogens with one attached hydrogen (secondary N) is 1. The molecule has 0 fully saturated rings. The first-order chi connectivity index (χ1) is 8.70. The van der Waals surface area contributed by atoms with E-state index >= 15 is 0 Å². The number of nitrogens with zero attached hydrogens (tertiary/aromatic N) is 1. The number of hydrogen-bond donors (Lipinski definition) is 1. The number of hydrogen-bond acceptors (Lipinski definition) is 2. The average molecular weight is 244 g/mol. The van der Waals surface area contributed by atoms with Crippen molar-refractivity contribution in [1.82, 2.24) is 4.57 Å². The zero-order valence-corrected chi connectivity index (χ0v) is 10.5. The lowest BCUT2D eigenvalue weighted by molar-refractivity contribution is -0.124. The van der Waals surface area contributed by atoms with Crippen molar-refractivity contribution in [3.8, 4) is 5.69 Å². The predicted octanol–water partition coefficient (Wildman–Crippen LogP) is 2.45. The van der Waals surface area contributed by atoms with Gasteiger partial charge in [-0.1, -0.05) is 6.07 Å². The number of carbonyl (C=O) groups is 1. The van der Waals surface area contributed by atoms with Crippen LogP contribution in [-0.4, -0.2) is 23.7 Å². The van der Waals surface area contributed by atoms with Crippen molar-refractivity contribution in [3.05, 3.63) is 48.8 Å². The Balaban J connectivity index is 2.16. The summed E-state index contributed by atoms with van der Waals surface area (Å²) in [6.07, 6.45) is 3.46. The van der Waals surface area contributed by atoms with Crippen molar-refractivity contribution in [2.75, 3.05) is 12.4 Å². The third-order valence-corrected chi connectivity index (χ3v) is 2.74. The van der Waals surface area contributed by atoms with Crippen molar-refractivity contribution in [3.63, 3.8) is 0 Å². The van der Waals surface area contributed by atoms with E-state index in [0.717, 1.165) is 11.4 Å². The monoisotopic (exact) mass is 244 g/mol. The van der Waals surface area contributed by atoms with E-state index in [2.05, 4.69) is 5.32 Å². The molecule has 0 radical (unpaired) electrons. The van der Waals surface area contributed by atoms with Crippen molar-refractivity contribution in [1.29, 1.82) is 0 Å². The van der Waals surface area contributed by atoms with Crippen molar-refractivity contribution < 1.29 is 9.53 Å². The smallest absolute Gasteiger partial charge is 0.253 e. The lowest BCUT2D eigenvalue weighted by atomic mass is 10.2. The van der Waals surface area contributed by atoms with E-state index in [1.54, 1.807) is 6.92 Å². The number of benzene rings is 1. The molecule has 0 bridgehead atoms. The van der Waals surface area contributed by atoms with Gasteiger partial charge in [0.1, 0.15) is 6.10 Å². The fraction of sp³-hybridized carbons (Fsp3) is 0.214. The SMILES string of the molecule is COC(C)C(=O)Nc1cccc(-n2cccc2)c1. The molecule has 0 saturated carbocycles. The van der Waals surface area contributed by atoms with E-state index < -0.39 is 6.10 Å². The summed E-state index contributed by atoms with van der Waals surface area (Å²) in [5.74, 6) is -0.151. The van der Waals surface area contributed by atoms with Gasteiger partial charge in [0, 0.05) is 30.9 Å². The van der Waals surface area contributed by atoms with Gasteiger partial charge in [0.25, 0.3) is 5.91 Å². The molecule has 0 aliphatic carbocycles. The van der Waals surface area contributed by atoms with Gasteiger partial charge >= 0.3 is 0 Å². The zero-order chi connectivity index (χ0) is 13.0. The Kier molecular flexibility index (Phi) is 3.79. The summed E-state index contributed by atoms with van der Waals surface area (Å²) in [5, 5.41) is 2.82. The molecule has 1 aromatic heterocycles. The minimum absolute atomic E-state index is 0.151. The highest BCUT2D eigenvalue weighted by molar-refractivity contribution is 5.94. The maximum Gasteiger partial charge on any atom is 0.253 e. The Morgan fingerprint density at radius 3 is 2.67 bits per heavy atom. The predicted molar refractivity (Wildman–Crippen MR) is 70.9 cm³/mol. The van der Waals surface area contributed by atoms with Gasteiger partial charge < -0.3 is 14.6 Å². The number of amides is 1. The van der Waals surface area contributed by atoms with Gasteiger partial charge in [0.15, 0.2) is 0 Å². The van der Waals surface area contributed by atoms with E-state index in [9.17, 15) is 4.79 Å². The molecule has 4 heteroatoms. The summed E-state index contributed by atoms with van der Waals surface area (Å²) >= 11 is 0. The van der Waals surface area contributed by atoms with E-state index in [0.29, 0.717) is 0 Å². The Bertz CT molecular complexity index is 520. The second kappa shape index (κ2) is 5.51. The number of carbonyl (C=O) groups excluding carboxylic acids is 1. The van der Waals surface area contributed by atoms with Crippen LogP contribution in [0.5, 0.6) is 0 Å². The minimum Gasteiger partial charge on any atom is -0.372 e. The molecule has 1 amide bonds. The number of ether oxygens (including phenoxy) is 1. The van der Waals surface area contributed by atoms with Crippen LogP contribution in [0.4, 0.5) is 5.69 Å². The third-order valence-electron chi connectivity index (χ3n) is 2.74. The van der Waals surface area contributed by atoms with Crippen molar-refractivity contribution >= 4 is 11.6 Å². The number of anilines is 1. The van der Waals surface area contributed by atoms with Gasteiger partial charge in [0.2, 0.25) is 0 Å². The molecule has 0 spiro atoms. The first-order valence-electron chi connectivity index (χ1n) is 5.78. The Morgan fingerprint density at radius 1 is 1.28 bits per heavy atom. The van der Waals surface area contributed by atoms with Crippen LogP contribution in [0.1, 0.15) is 6.92 Å². The maximum absolute atomic E-state index is 11.7. The maximum atomic E-state index is 11.7. The molecule has 0 saturated heterocycles. The van der Waals surface area contributed by atoms with Gasteiger partial charge in [-0.15, -0.1) is 0 Å². The summed E-state index contributed by atoms with van der Waals surface area (Å²) < 4.78 is 6.95. The number of methoxy groups -OCH3 is 1. The first-order valence-corrected chi connectivity index (χ1v) is 5.78. The molecule has 1 heterocycles. The summed E-state index contributed by atoms with van der Waals surface area (Å²) in [5.41, 5.74) is 1.76.